The van der Waals surface area contributed by atoms with Gasteiger partial charge >= 0.3 is 0 Å². The van der Waals surface area contributed by atoms with Gasteiger partial charge in [-0.3, -0.25) is 0 Å². The molecular weight excluding hydrogens is 236 g/mol. The van der Waals surface area contributed by atoms with Gasteiger partial charge in [0.05, 0.1) is 7.11 Å². The Morgan fingerprint density at radius 2 is 2.00 bits per heavy atom. The summed E-state index contributed by atoms with van der Waals surface area (Å²) in [5, 5.41) is 3.32. The molecule has 1 aromatic rings. The molecule has 19 heavy (non-hydrogen) atoms. The molecule has 3 heteroatoms. The van der Waals surface area contributed by atoms with E-state index < -0.39 is 0 Å². The van der Waals surface area contributed by atoms with Crippen LogP contribution in [0, 0.1) is 0 Å². The van der Waals surface area contributed by atoms with Crippen LogP contribution >= 0.6 is 0 Å². The molecule has 1 rings (SSSR count). The lowest BCUT2D eigenvalue weighted by Crippen LogP contribution is -2.30. The van der Waals surface area contributed by atoms with Gasteiger partial charge in [-0.2, -0.15) is 0 Å². The Balaban J connectivity index is 3.18. The molecule has 0 aromatic heterocycles. The molecule has 0 aliphatic carbocycles. The maximum absolute atomic E-state index is 5.53. The first-order valence-electron chi connectivity index (χ1n) is 7.13. The zero-order valence-corrected chi connectivity index (χ0v) is 13.2. The number of rotatable bonds is 7. The third-order valence-electron chi connectivity index (χ3n) is 3.88. The second-order valence-electron chi connectivity index (χ2n) is 5.15. The SMILES string of the molecule is CCCC(C)N(C)c1cccc(OC)c1C(C)NC. The summed E-state index contributed by atoms with van der Waals surface area (Å²) in [7, 11) is 5.89. The van der Waals surface area contributed by atoms with Gasteiger partial charge in [0.1, 0.15) is 5.75 Å². The van der Waals surface area contributed by atoms with E-state index >= 15 is 0 Å². The zero-order chi connectivity index (χ0) is 14.4. The zero-order valence-electron chi connectivity index (χ0n) is 13.2. The summed E-state index contributed by atoms with van der Waals surface area (Å²) in [6.45, 7) is 6.67. The molecule has 1 aromatic carbocycles. The van der Waals surface area contributed by atoms with Crippen molar-refractivity contribution in [3.05, 3.63) is 23.8 Å². The van der Waals surface area contributed by atoms with E-state index in [-0.39, 0.29) is 6.04 Å². The fourth-order valence-electron chi connectivity index (χ4n) is 2.45. The van der Waals surface area contributed by atoms with Crippen molar-refractivity contribution in [2.45, 2.75) is 45.7 Å². The molecule has 1 N–H and O–H groups in total. The fraction of sp³-hybridized carbons (Fsp3) is 0.625. The van der Waals surface area contributed by atoms with Gasteiger partial charge in [-0.05, 0) is 39.4 Å². The minimum absolute atomic E-state index is 0.266. The maximum Gasteiger partial charge on any atom is 0.125 e. The largest absolute Gasteiger partial charge is 0.496 e. The molecule has 0 bridgehead atoms. The van der Waals surface area contributed by atoms with E-state index in [1.165, 1.54) is 24.1 Å². The molecule has 0 saturated carbocycles. The molecule has 2 atom stereocenters. The molecule has 0 aliphatic heterocycles. The van der Waals surface area contributed by atoms with E-state index in [0.717, 1.165) is 5.75 Å². The molecule has 3 nitrogen and oxygen atoms in total. The van der Waals surface area contributed by atoms with Crippen LogP contribution in [0.15, 0.2) is 18.2 Å². The molecule has 0 radical (unpaired) electrons. The highest BCUT2D eigenvalue weighted by molar-refractivity contribution is 5.60. The number of nitrogens with one attached hydrogen (secondary N) is 1. The van der Waals surface area contributed by atoms with Crippen molar-refractivity contribution >= 4 is 5.69 Å². The van der Waals surface area contributed by atoms with Crippen LogP contribution in [0.3, 0.4) is 0 Å². The second-order valence-corrected chi connectivity index (χ2v) is 5.15. The Kier molecular flexibility index (Phi) is 6.16. The van der Waals surface area contributed by atoms with Crippen molar-refractivity contribution < 1.29 is 4.74 Å². The van der Waals surface area contributed by atoms with Crippen LogP contribution in [0.2, 0.25) is 0 Å². The first kappa shape index (κ1) is 15.8. The Labute approximate surface area is 118 Å². The summed E-state index contributed by atoms with van der Waals surface area (Å²) >= 11 is 0. The van der Waals surface area contributed by atoms with Gasteiger partial charge in [-0.25, -0.2) is 0 Å². The first-order valence-corrected chi connectivity index (χ1v) is 7.13. The summed E-state index contributed by atoms with van der Waals surface area (Å²) in [5.41, 5.74) is 2.49. The van der Waals surface area contributed by atoms with Crippen molar-refractivity contribution in [2.24, 2.45) is 0 Å². The van der Waals surface area contributed by atoms with Crippen molar-refractivity contribution in [1.29, 1.82) is 0 Å². The van der Waals surface area contributed by atoms with Gasteiger partial charge in [0.2, 0.25) is 0 Å². The van der Waals surface area contributed by atoms with Gasteiger partial charge < -0.3 is 15.0 Å². The van der Waals surface area contributed by atoms with Gasteiger partial charge in [0.15, 0.2) is 0 Å². The van der Waals surface area contributed by atoms with Crippen LogP contribution in [0.25, 0.3) is 0 Å². The number of methoxy groups -OCH3 is 1. The van der Waals surface area contributed by atoms with Crippen LogP contribution in [-0.2, 0) is 0 Å². The monoisotopic (exact) mass is 264 g/mol. The lowest BCUT2D eigenvalue weighted by molar-refractivity contribution is 0.403. The molecule has 0 spiro atoms. The third-order valence-corrected chi connectivity index (χ3v) is 3.88. The Bertz CT molecular complexity index is 392. The molecular formula is C16H28N2O. The quantitative estimate of drug-likeness (QED) is 0.814. The number of hydrogen-bond donors (Lipinski definition) is 1. The molecule has 0 fully saturated rings. The van der Waals surface area contributed by atoms with Crippen molar-refractivity contribution in [2.75, 3.05) is 26.1 Å². The average molecular weight is 264 g/mol. The minimum atomic E-state index is 0.266. The molecule has 2 unspecified atom stereocenters. The van der Waals surface area contributed by atoms with E-state index in [9.17, 15) is 0 Å². The summed E-state index contributed by atoms with van der Waals surface area (Å²) in [6.07, 6.45) is 2.40. The van der Waals surface area contributed by atoms with Crippen molar-refractivity contribution in [1.82, 2.24) is 5.32 Å². The van der Waals surface area contributed by atoms with E-state index in [0.29, 0.717) is 6.04 Å². The Hall–Kier alpha value is -1.22. The Morgan fingerprint density at radius 3 is 2.53 bits per heavy atom. The molecule has 0 amide bonds. The molecule has 108 valence electrons. The van der Waals surface area contributed by atoms with Crippen LogP contribution in [0.4, 0.5) is 5.69 Å². The van der Waals surface area contributed by atoms with Crippen LogP contribution in [-0.4, -0.2) is 27.2 Å². The normalized spacial score (nSPS) is 14.0. The molecule has 0 heterocycles. The number of nitrogens with zero attached hydrogens (tertiary/aromatic N) is 1. The predicted octanol–water partition coefficient (Wildman–Crippen LogP) is 3.60. The van der Waals surface area contributed by atoms with Crippen LogP contribution < -0.4 is 15.0 Å². The summed E-state index contributed by atoms with van der Waals surface area (Å²) < 4.78 is 5.53. The topological polar surface area (TPSA) is 24.5 Å². The second kappa shape index (κ2) is 7.39. The van der Waals surface area contributed by atoms with Crippen molar-refractivity contribution in [3.8, 4) is 5.75 Å². The predicted molar refractivity (Wildman–Crippen MR) is 83.2 cm³/mol. The molecule has 0 aliphatic rings. The lowest BCUT2D eigenvalue weighted by atomic mass is 10.0. The molecule has 0 saturated heterocycles. The van der Waals surface area contributed by atoms with E-state index in [1.54, 1.807) is 7.11 Å². The van der Waals surface area contributed by atoms with Gasteiger partial charge in [0.25, 0.3) is 0 Å². The third kappa shape index (κ3) is 3.63. The van der Waals surface area contributed by atoms with Gasteiger partial charge in [0, 0.05) is 30.4 Å². The number of anilines is 1. The lowest BCUT2D eigenvalue weighted by Gasteiger charge is -2.31. The highest BCUT2D eigenvalue weighted by atomic mass is 16.5. The van der Waals surface area contributed by atoms with Crippen molar-refractivity contribution in [3.63, 3.8) is 0 Å². The van der Waals surface area contributed by atoms with Gasteiger partial charge in [-0.15, -0.1) is 0 Å². The average Bonchev–Trinajstić information content (AvgIpc) is 2.44. The summed E-state index contributed by atoms with van der Waals surface area (Å²) in [4.78, 5) is 2.36. The highest BCUT2D eigenvalue weighted by Crippen LogP contribution is 2.35. The minimum Gasteiger partial charge on any atom is -0.496 e. The fourth-order valence-corrected chi connectivity index (χ4v) is 2.45. The first-order chi connectivity index (χ1) is 9.06. The summed E-state index contributed by atoms with van der Waals surface area (Å²) in [5.74, 6) is 0.954. The van der Waals surface area contributed by atoms with Crippen LogP contribution in [0.1, 0.15) is 45.2 Å². The Morgan fingerprint density at radius 1 is 1.32 bits per heavy atom. The van der Waals surface area contributed by atoms with Crippen LogP contribution in [0.5, 0.6) is 5.75 Å². The van der Waals surface area contributed by atoms with E-state index in [2.05, 4.69) is 50.2 Å². The highest BCUT2D eigenvalue weighted by Gasteiger charge is 2.19. The van der Waals surface area contributed by atoms with Gasteiger partial charge in [-0.1, -0.05) is 19.4 Å². The maximum atomic E-state index is 5.53. The van der Waals surface area contributed by atoms with E-state index in [4.69, 9.17) is 4.74 Å². The smallest absolute Gasteiger partial charge is 0.125 e. The number of hydrogen-bond acceptors (Lipinski definition) is 3. The number of benzene rings is 1. The standard InChI is InChI=1S/C16H28N2O/c1-7-9-12(2)18(5)14-10-8-11-15(19-6)16(14)13(3)17-4/h8,10-13,17H,7,9H2,1-6H3. The summed E-state index contributed by atoms with van der Waals surface area (Å²) in [6, 6.07) is 7.07. The van der Waals surface area contributed by atoms with E-state index in [1.807, 2.05) is 13.1 Å². The number of ether oxygens (including phenoxy) is 1.